The molecule has 2 aliphatic rings. The van der Waals surface area contributed by atoms with Gasteiger partial charge in [0, 0.05) is 17.7 Å². The van der Waals surface area contributed by atoms with Crippen molar-refractivity contribution in [2.75, 3.05) is 17.3 Å². The molecule has 1 aliphatic heterocycles. The predicted octanol–water partition coefficient (Wildman–Crippen LogP) is 6.47. The molecule has 3 aromatic rings. The smallest absolute Gasteiger partial charge is 0.471 e. The van der Waals surface area contributed by atoms with Gasteiger partial charge in [0.1, 0.15) is 5.75 Å². The van der Waals surface area contributed by atoms with Crippen molar-refractivity contribution in [1.82, 2.24) is 0 Å². The molecule has 190 valence electrons. The first kappa shape index (κ1) is 24.6. The maximum absolute atomic E-state index is 14.0. The summed E-state index contributed by atoms with van der Waals surface area (Å²) in [6, 6.07) is 19.4. The zero-order chi connectivity index (χ0) is 26.3. The molecular formula is C29H25F3N2O3. The van der Waals surface area contributed by atoms with Crippen molar-refractivity contribution < 1.29 is 27.5 Å². The van der Waals surface area contributed by atoms with Crippen LogP contribution in [0.15, 0.2) is 84.1 Å². The number of carbonyl (C=O) groups excluding carboxylic acids is 2. The number of methoxy groups -OCH3 is 1. The molecule has 1 aliphatic carbocycles. The lowest BCUT2D eigenvalue weighted by atomic mass is 9.78. The van der Waals surface area contributed by atoms with Crippen LogP contribution in [0.2, 0.25) is 0 Å². The third-order valence-corrected chi connectivity index (χ3v) is 6.93. The number of aryl methyl sites for hydroxylation is 1. The second-order valence-electron chi connectivity index (χ2n) is 9.32. The normalized spacial score (nSPS) is 19.5. The first-order valence-corrected chi connectivity index (χ1v) is 11.9. The van der Waals surface area contributed by atoms with Gasteiger partial charge in [-0.3, -0.25) is 14.5 Å². The number of para-hydroxylation sites is 2. The van der Waals surface area contributed by atoms with Gasteiger partial charge < -0.3 is 10.1 Å². The number of nitrogens with one attached hydrogen (secondary N) is 1. The Morgan fingerprint density at radius 3 is 2.24 bits per heavy atom. The quantitative estimate of drug-likeness (QED) is 0.443. The van der Waals surface area contributed by atoms with Crippen molar-refractivity contribution in [2.45, 2.75) is 37.9 Å². The van der Waals surface area contributed by atoms with E-state index >= 15 is 0 Å². The van der Waals surface area contributed by atoms with Crippen LogP contribution in [0.1, 0.15) is 41.5 Å². The molecule has 8 heteroatoms. The maximum atomic E-state index is 14.0. The fourth-order valence-electron chi connectivity index (χ4n) is 5.13. The Kier molecular flexibility index (Phi) is 6.27. The van der Waals surface area contributed by atoms with Crippen LogP contribution in [-0.2, 0) is 9.59 Å². The molecule has 1 amide bonds. The molecule has 0 saturated carbocycles. The molecule has 1 heterocycles. The van der Waals surface area contributed by atoms with E-state index in [0.29, 0.717) is 29.1 Å². The number of anilines is 2. The van der Waals surface area contributed by atoms with Crippen LogP contribution in [0.4, 0.5) is 24.5 Å². The van der Waals surface area contributed by atoms with Crippen molar-refractivity contribution in [3.05, 3.63) is 101 Å². The summed E-state index contributed by atoms with van der Waals surface area (Å²) in [6.45, 7) is 1.86. The van der Waals surface area contributed by atoms with Crippen molar-refractivity contribution in [1.29, 1.82) is 0 Å². The molecule has 0 unspecified atom stereocenters. The minimum Gasteiger partial charge on any atom is -0.497 e. The van der Waals surface area contributed by atoms with Crippen LogP contribution in [0.5, 0.6) is 5.75 Å². The first-order chi connectivity index (χ1) is 17.7. The molecule has 0 spiro atoms. The van der Waals surface area contributed by atoms with Crippen LogP contribution >= 0.6 is 0 Å². The summed E-state index contributed by atoms with van der Waals surface area (Å²) in [7, 11) is 1.57. The number of fused-ring (bicyclic) bond motifs is 1. The lowest BCUT2D eigenvalue weighted by molar-refractivity contribution is -0.170. The van der Waals surface area contributed by atoms with Crippen LogP contribution in [0.25, 0.3) is 0 Å². The zero-order valence-corrected chi connectivity index (χ0v) is 20.3. The number of amides is 1. The van der Waals surface area contributed by atoms with E-state index in [1.807, 2.05) is 31.2 Å². The second-order valence-corrected chi connectivity index (χ2v) is 9.32. The molecule has 0 radical (unpaired) electrons. The van der Waals surface area contributed by atoms with E-state index in [4.69, 9.17) is 4.74 Å². The highest BCUT2D eigenvalue weighted by molar-refractivity contribution is 6.07. The van der Waals surface area contributed by atoms with Gasteiger partial charge in [-0.15, -0.1) is 0 Å². The Labute approximate surface area is 212 Å². The first-order valence-electron chi connectivity index (χ1n) is 11.9. The van der Waals surface area contributed by atoms with E-state index in [2.05, 4.69) is 5.32 Å². The summed E-state index contributed by atoms with van der Waals surface area (Å²) < 4.78 is 47.1. The Hall–Kier alpha value is -4.07. The Morgan fingerprint density at radius 1 is 0.946 bits per heavy atom. The SMILES string of the molecule is COc1ccc([C@@H]2CC(=O)C3=C(C2)Nc2ccccc2N(C(=O)C(F)(F)F)[C@H]3c2ccc(C)cc2)cc1. The summed E-state index contributed by atoms with van der Waals surface area (Å²) in [6.07, 6.45) is -4.62. The second kappa shape index (κ2) is 9.42. The molecule has 0 fully saturated rings. The van der Waals surface area contributed by atoms with Crippen LogP contribution < -0.4 is 15.0 Å². The van der Waals surface area contributed by atoms with E-state index in [1.165, 1.54) is 6.07 Å². The van der Waals surface area contributed by atoms with Gasteiger partial charge in [0.05, 0.1) is 24.5 Å². The van der Waals surface area contributed by atoms with Gasteiger partial charge in [-0.2, -0.15) is 13.2 Å². The lowest BCUT2D eigenvalue weighted by Gasteiger charge is -2.35. The van der Waals surface area contributed by atoms with Crippen LogP contribution in [-0.4, -0.2) is 25.0 Å². The summed E-state index contributed by atoms with van der Waals surface area (Å²) in [5.74, 6) is -1.81. The van der Waals surface area contributed by atoms with Gasteiger partial charge >= 0.3 is 12.1 Å². The van der Waals surface area contributed by atoms with Crippen LogP contribution in [0, 0.1) is 6.92 Å². The van der Waals surface area contributed by atoms with E-state index in [0.717, 1.165) is 16.0 Å². The largest absolute Gasteiger partial charge is 0.497 e. The highest BCUT2D eigenvalue weighted by atomic mass is 19.4. The van der Waals surface area contributed by atoms with Crippen molar-refractivity contribution in [3.63, 3.8) is 0 Å². The van der Waals surface area contributed by atoms with E-state index in [1.54, 1.807) is 49.6 Å². The fourth-order valence-corrected chi connectivity index (χ4v) is 5.13. The molecule has 0 saturated heterocycles. The summed E-state index contributed by atoms with van der Waals surface area (Å²) in [4.78, 5) is 27.4. The number of hydrogen-bond donors (Lipinski definition) is 1. The minimum atomic E-state index is -5.13. The number of nitrogens with zero attached hydrogens (tertiary/aromatic N) is 1. The summed E-state index contributed by atoms with van der Waals surface area (Å²) in [5.41, 5.74) is 3.38. The van der Waals surface area contributed by atoms with Crippen molar-refractivity contribution in [2.24, 2.45) is 0 Å². The Morgan fingerprint density at radius 2 is 1.59 bits per heavy atom. The number of alkyl halides is 3. The van der Waals surface area contributed by atoms with Gasteiger partial charge in [0.15, 0.2) is 5.78 Å². The number of allylic oxidation sites excluding steroid dienone is 1. The third kappa shape index (κ3) is 4.59. The summed E-state index contributed by atoms with van der Waals surface area (Å²) in [5, 5.41) is 3.23. The number of ketones is 1. The number of benzene rings is 3. The standard InChI is InChI=1S/C29H25F3N2O3/c1-17-7-9-19(10-8-17)27-26-23(15-20(16-25(26)35)18-11-13-21(37-2)14-12-18)33-22-5-3-4-6-24(22)34(27)28(36)29(30,31)32/h3-14,20,27,33H,15-16H2,1-2H3/t20-,27-/m0/s1. The van der Waals surface area contributed by atoms with E-state index in [-0.39, 0.29) is 29.4 Å². The molecule has 2 atom stereocenters. The molecule has 0 aromatic heterocycles. The number of rotatable bonds is 3. The van der Waals surface area contributed by atoms with Crippen molar-refractivity contribution in [3.8, 4) is 5.75 Å². The molecular weight excluding hydrogens is 481 g/mol. The average molecular weight is 507 g/mol. The van der Waals surface area contributed by atoms with Gasteiger partial charge in [-0.1, -0.05) is 54.1 Å². The average Bonchev–Trinajstić information content (AvgIpc) is 3.03. The van der Waals surface area contributed by atoms with Crippen molar-refractivity contribution >= 4 is 23.1 Å². The zero-order valence-electron chi connectivity index (χ0n) is 20.3. The van der Waals surface area contributed by atoms with Gasteiger partial charge in [-0.05, 0) is 54.7 Å². The number of Topliss-reactive ketones (excluding diaryl/α,β-unsaturated/α-hetero) is 1. The highest BCUT2D eigenvalue weighted by Crippen LogP contribution is 2.48. The topological polar surface area (TPSA) is 58.6 Å². The number of carbonyl (C=O) groups is 2. The molecule has 37 heavy (non-hydrogen) atoms. The maximum Gasteiger partial charge on any atom is 0.471 e. The Bertz CT molecular complexity index is 1380. The van der Waals surface area contributed by atoms with E-state index in [9.17, 15) is 22.8 Å². The minimum absolute atomic E-state index is 0.0681. The molecule has 3 aromatic carbocycles. The predicted molar refractivity (Wildman–Crippen MR) is 135 cm³/mol. The van der Waals surface area contributed by atoms with Crippen LogP contribution in [0.3, 0.4) is 0 Å². The monoisotopic (exact) mass is 506 g/mol. The molecule has 5 nitrogen and oxygen atoms in total. The fraction of sp³-hybridized carbons (Fsp3) is 0.241. The third-order valence-electron chi connectivity index (χ3n) is 6.93. The molecule has 1 N–H and O–H groups in total. The number of hydrogen-bond acceptors (Lipinski definition) is 4. The van der Waals surface area contributed by atoms with E-state index < -0.39 is 18.1 Å². The Balaban J connectivity index is 1.70. The van der Waals surface area contributed by atoms with Gasteiger partial charge in [0.25, 0.3) is 0 Å². The van der Waals surface area contributed by atoms with Gasteiger partial charge in [0.2, 0.25) is 0 Å². The summed E-state index contributed by atoms with van der Waals surface area (Å²) >= 11 is 0. The molecule has 0 bridgehead atoms. The number of ether oxygens (including phenoxy) is 1. The highest BCUT2D eigenvalue weighted by Gasteiger charge is 2.49. The lowest BCUT2D eigenvalue weighted by Crippen LogP contribution is -2.45. The van der Waals surface area contributed by atoms with Gasteiger partial charge in [-0.25, -0.2) is 0 Å². The molecule has 5 rings (SSSR count). The number of halogens is 3.